The lowest BCUT2D eigenvalue weighted by molar-refractivity contribution is -0.384. The second-order valence-corrected chi connectivity index (χ2v) is 8.65. The topological polar surface area (TPSA) is 101 Å². The second-order valence-electron chi connectivity index (χ2n) is 6.34. The molecule has 0 unspecified atom stereocenters. The fourth-order valence-electron chi connectivity index (χ4n) is 3.12. The maximum Gasteiger partial charge on any atom is 0.293 e. The number of ketones is 1. The van der Waals surface area contributed by atoms with E-state index in [2.05, 4.69) is 0 Å². The molecule has 0 aliphatic carbocycles. The Labute approximate surface area is 167 Å². The van der Waals surface area contributed by atoms with Gasteiger partial charge in [-0.3, -0.25) is 14.9 Å². The van der Waals surface area contributed by atoms with Gasteiger partial charge in [-0.15, -0.1) is 0 Å². The number of nitro groups is 1. The Morgan fingerprint density at radius 3 is 2.32 bits per heavy atom. The average molecular weight is 424 g/mol. The molecule has 1 saturated heterocycles. The van der Waals surface area contributed by atoms with E-state index in [1.807, 2.05) is 0 Å². The predicted octanol–water partition coefficient (Wildman–Crippen LogP) is 2.96. The molecule has 2 aromatic rings. The fourth-order valence-corrected chi connectivity index (χ4v) is 5.03. The van der Waals surface area contributed by atoms with E-state index in [-0.39, 0.29) is 53.1 Å². The van der Waals surface area contributed by atoms with Gasteiger partial charge in [0.1, 0.15) is 10.6 Å². The lowest BCUT2D eigenvalue weighted by atomic mass is 10.1. The smallest absolute Gasteiger partial charge is 0.293 e. The van der Waals surface area contributed by atoms with Gasteiger partial charge >= 0.3 is 0 Å². The molecule has 0 spiro atoms. The van der Waals surface area contributed by atoms with Gasteiger partial charge in [0.2, 0.25) is 10.0 Å². The molecule has 28 heavy (non-hydrogen) atoms. The van der Waals surface area contributed by atoms with E-state index in [0.717, 1.165) is 0 Å². The summed E-state index contributed by atoms with van der Waals surface area (Å²) < 4.78 is 27.0. The summed E-state index contributed by atoms with van der Waals surface area (Å²) in [7, 11) is -3.75. The van der Waals surface area contributed by atoms with E-state index in [1.54, 1.807) is 17.0 Å². The molecule has 1 aliphatic rings. The van der Waals surface area contributed by atoms with E-state index >= 15 is 0 Å². The van der Waals surface area contributed by atoms with Gasteiger partial charge in [-0.25, -0.2) is 8.42 Å². The molecule has 0 amide bonds. The second kappa shape index (κ2) is 7.86. The van der Waals surface area contributed by atoms with Gasteiger partial charge < -0.3 is 4.90 Å². The zero-order valence-corrected chi connectivity index (χ0v) is 16.6. The first-order valence-corrected chi connectivity index (χ1v) is 10.3. The average Bonchev–Trinajstić information content (AvgIpc) is 2.67. The number of Topliss-reactive ketones (excluding diaryl/α,β-unsaturated/α-hetero) is 1. The number of piperazine rings is 1. The SMILES string of the molecule is CC(=O)c1ccc(N2CCN(S(=O)(=O)c3ccccc3Cl)CC2)c([N+](=O)[O-])c1. The van der Waals surface area contributed by atoms with E-state index in [4.69, 9.17) is 11.6 Å². The number of carbonyl (C=O) groups excluding carboxylic acids is 1. The molecular weight excluding hydrogens is 406 g/mol. The van der Waals surface area contributed by atoms with Crippen LogP contribution in [-0.4, -0.2) is 49.6 Å². The molecule has 0 atom stereocenters. The highest BCUT2D eigenvalue weighted by Crippen LogP contribution is 2.31. The number of hydrogen-bond donors (Lipinski definition) is 0. The monoisotopic (exact) mass is 423 g/mol. The third-order valence-electron chi connectivity index (χ3n) is 4.61. The molecule has 1 fully saturated rings. The molecule has 8 nitrogen and oxygen atoms in total. The number of hydrogen-bond acceptors (Lipinski definition) is 6. The highest BCUT2D eigenvalue weighted by molar-refractivity contribution is 7.89. The fraction of sp³-hybridized carbons (Fsp3) is 0.278. The van der Waals surface area contributed by atoms with Crippen LogP contribution in [0.4, 0.5) is 11.4 Å². The number of nitro benzene ring substituents is 1. The highest BCUT2D eigenvalue weighted by Gasteiger charge is 2.32. The summed E-state index contributed by atoms with van der Waals surface area (Å²) in [5.41, 5.74) is 0.454. The van der Waals surface area contributed by atoms with Crippen molar-refractivity contribution in [3.8, 4) is 0 Å². The van der Waals surface area contributed by atoms with Gasteiger partial charge in [-0.05, 0) is 31.2 Å². The number of anilines is 1. The van der Waals surface area contributed by atoms with E-state index in [9.17, 15) is 23.3 Å². The summed E-state index contributed by atoms with van der Waals surface area (Å²) in [6, 6.07) is 10.6. The highest BCUT2D eigenvalue weighted by atomic mass is 35.5. The predicted molar refractivity (Wildman–Crippen MR) is 106 cm³/mol. The summed E-state index contributed by atoms with van der Waals surface area (Å²) in [5, 5.41) is 11.6. The van der Waals surface area contributed by atoms with Gasteiger partial charge in [0.25, 0.3) is 5.69 Å². The largest absolute Gasteiger partial charge is 0.363 e. The Hall–Kier alpha value is -2.49. The first kappa shape index (κ1) is 20.2. The van der Waals surface area contributed by atoms with Crippen LogP contribution in [0.2, 0.25) is 5.02 Å². The van der Waals surface area contributed by atoms with Crippen LogP contribution >= 0.6 is 11.6 Å². The molecule has 1 aliphatic heterocycles. The molecule has 0 N–H and O–H groups in total. The van der Waals surface area contributed by atoms with Gasteiger partial charge in [0.15, 0.2) is 5.78 Å². The molecular formula is C18H18ClN3O5S. The third kappa shape index (κ3) is 3.87. The Bertz CT molecular complexity index is 1030. The van der Waals surface area contributed by atoms with Crippen molar-refractivity contribution >= 4 is 38.8 Å². The van der Waals surface area contributed by atoms with Crippen molar-refractivity contribution < 1.29 is 18.1 Å². The van der Waals surface area contributed by atoms with Crippen LogP contribution in [0.5, 0.6) is 0 Å². The van der Waals surface area contributed by atoms with Crippen molar-refractivity contribution in [1.82, 2.24) is 4.31 Å². The lowest BCUT2D eigenvalue weighted by Crippen LogP contribution is -2.48. The van der Waals surface area contributed by atoms with Crippen LogP contribution < -0.4 is 4.90 Å². The quantitative estimate of drug-likeness (QED) is 0.416. The summed E-state index contributed by atoms with van der Waals surface area (Å²) >= 11 is 6.03. The van der Waals surface area contributed by atoms with Crippen molar-refractivity contribution in [2.75, 3.05) is 31.1 Å². The van der Waals surface area contributed by atoms with Crippen LogP contribution in [0.25, 0.3) is 0 Å². The van der Waals surface area contributed by atoms with Gasteiger partial charge in [-0.1, -0.05) is 23.7 Å². The Morgan fingerprint density at radius 2 is 1.75 bits per heavy atom. The molecule has 10 heteroatoms. The number of benzene rings is 2. The van der Waals surface area contributed by atoms with Crippen molar-refractivity contribution in [2.24, 2.45) is 0 Å². The van der Waals surface area contributed by atoms with Crippen LogP contribution in [0.1, 0.15) is 17.3 Å². The van der Waals surface area contributed by atoms with Crippen LogP contribution in [0.15, 0.2) is 47.4 Å². The minimum atomic E-state index is -3.75. The summed E-state index contributed by atoms with van der Waals surface area (Å²) in [5.74, 6) is -0.259. The van der Waals surface area contributed by atoms with E-state index in [0.29, 0.717) is 5.69 Å². The molecule has 148 valence electrons. The summed E-state index contributed by atoms with van der Waals surface area (Å²) in [4.78, 5) is 24.2. The third-order valence-corrected chi connectivity index (χ3v) is 7.01. The van der Waals surface area contributed by atoms with Crippen LogP contribution in [-0.2, 0) is 10.0 Å². The number of rotatable bonds is 5. The van der Waals surface area contributed by atoms with Crippen molar-refractivity contribution in [3.63, 3.8) is 0 Å². The zero-order chi connectivity index (χ0) is 20.5. The van der Waals surface area contributed by atoms with Gasteiger partial charge in [0.05, 0.1) is 9.95 Å². The first-order valence-electron chi connectivity index (χ1n) is 8.51. The Morgan fingerprint density at radius 1 is 1.11 bits per heavy atom. The van der Waals surface area contributed by atoms with Crippen molar-refractivity contribution in [1.29, 1.82) is 0 Å². The number of sulfonamides is 1. The van der Waals surface area contributed by atoms with Gasteiger partial charge in [0, 0.05) is 37.8 Å². The minimum Gasteiger partial charge on any atom is -0.363 e. The maximum atomic E-state index is 12.8. The summed E-state index contributed by atoms with van der Waals surface area (Å²) in [6.07, 6.45) is 0. The molecule has 1 heterocycles. The van der Waals surface area contributed by atoms with E-state index in [1.165, 1.54) is 41.6 Å². The molecule has 0 radical (unpaired) electrons. The minimum absolute atomic E-state index is 0.0434. The molecule has 2 aromatic carbocycles. The normalized spacial score (nSPS) is 15.4. The Kier molecular flexibility index (Phi) is 5.69. The number of nitrogens with zero attached hydrogens (tertiary/aromatic N) is 3. The lowest BCUT2D eigenvalue weighted by Gasteiger charge is -2.35. The maximum absolute atomic E-state index is 12.8. The zero-order valence-electron chi connectivity index (χ0n) is 15.0. The van der Waals surface area contributed by atoms with E-state index < -0.39 is 14.9 Å². The Balaban J connectivity index is 1.82. The van der Waals surface area contributed by atoms with Crippen LogP contribution in [0, 0.1) is 10.1 Å². The molecule has 0 aromatic heterocycles. The first-order chi connectivity index (χ1) is 13.2. The number of carbonyl (C=O) groups is 1. The molecule has 0 bridgehead atoms. The number of halogens is 1. The van der Waals surface area contributed by atoms with Crippen molar-refractivity contribution in [3.05, 3.63) is 63.2 Å². The summed E-state index contributed by atoms with van der Waals surface area (Å²) in [6.45, 7) is 2.24. The van der Waals surface area contributed by atoms with Gasteiger partial charge in [-0.2, -0.15) is 4.31 Å². The van der Waals surface area contributed by atoms with Crippen molar-refractivity contribution in [2.45, 2.75) is 11.8 Å². The van der Waals surface area contributed by atoms with Crippen LogP contribution in [0.3, 0.4) is 0 Å². The molecule has 0 saturated carbocycles. The standard InChI is InChI=1S/C18H18ClN3O5S/c1-13(23)14-6-7-16(17(12-14)22(24)25)20-8-10-21(11-9-20)28(26,27)18-5-3-2-4-15(18)19/h2-7,12H,8-11H2,1H3. The molecule has 3 rings (SSSR count).